The second kappa shape index (κ2) is 4.54. The largest absolute Gasteiger partial charge is 0.321 e. The van der Waals surface area contributed by atoms with Crippen molar-refractivity contribution in [3.63, 3.8) is 0 Å². The predicted octanol–water partition coefficient (Wildman–Crippen LogP) is 1.02. The van der Waals surface area contributed by atoms with Crippen molar-refractivity contribution in [3.8, 4) is 6.07 Å². The lowest BCUT2D eigenvalue weighted by atomic mass is 10.0. The zero-order valence-corrected chi connectivity index (χ0v) is 8.03. The Labute approximate surface area is 83.2 Å². The minimum atomic E-state index is -0.469. The van der Waals surface area contributed by atoms with Gasteiger partial charge in [0, 0.05) is 0 Å². The summed E-state index contributed by atoms with van der Waals surface area (Å²) in [6, 6.07) is 8.71. The van der Waals surface area contributed by atoms with Gasteiger partial charge in [-0.2, -0.15) is 5.26 Å². The van der Waals surface area contributed by atoms with Crippen molar-refractivity contribution in [2.75, 3.05) is 0 Å². The second-order valence-corrected chi connectivity index (χ2v) is 3.23. The van der Waals surface area contributed by atoms with Crippen LogP contribution in [0.1, 0.15) is 18.1 Å². The molecule has 0 aliphatic rings. The van der Waals surface area contributed by atoms with Crippen molar-refractivity contribution in [2.45, 2.75) is 19.4 Å². The average Bonchev–Trinajstić information content (AvgIpc) is 2.18. The van der Waals surface area contributed by atoms with E-state index in [9.17, 15) is 4.79 Å². The van der Waals surface area contributed by atoms with Crippen LogP contribution in [0, 0.1) is 11.3 Å². The van der Waals surface area contributed by atoms with Crippen LogP contribution >= 0.6 is 0 Å². The molecule has 1 rings (SSSR count). The zero-order chi connectivity index (χ0) is 10.6. The van der Waals surface area contributed by atoms with Crippen LogP contribution in [0.2, 0.25) is 0 Å². The van der Waals surface area contributed by atoms with Crippen molar-refractivity contribution >= 4 is 5.78 Å². The number of Topliss-reactive ketones (excluding diaryl/α,β-unsaturated/α-hetero) is 1. The first kappa shape index (κ1) is 10.4. The van der Waals surface area contributed by atoms with E-state index < -0.39 is 6.04 Å². The first-order valence-electron chi connectivity index (χ1n) is 4.38. The Bertz CT molecular complexity index is 379. The molecule has 0 radical (unpaired) electrons. The summed E-state index contributed by atoms with van der Waals surface area (Å²) in [6.07, 6.45) is 0.491. The molecule has 14 heavy (non-hydrogen) atoms. The van der Waals surface area contributed by atoms with Gasteiger partial charge in [0.25, 0.3) is 0 Å². The fraction of sp³-hybridized carbons (Fsp3) is 0.273. The highest BCUT2D eigenvalue weighted by molar-refractivity contribution is 5.81. The molecule has 0 unspecified atom stereocenters. The molecule has 3 nitrogen and oxygen atoms in total. The summed E-state index contributed by atoms with van der Waals surface area (Å²) < 4.78 is 0. The van der Waals surface area contributed by atoms with Gasteiger partial charge in [0.05, 0.1) is 17.7 Å². The van der Waals surface area contributed by atoms with Gasteiger partial charge in [-0.25, -0.2) is 0 Å². The Morgan fingerprint density at radius 3 is 2.93 bits per heavy atom. The summed E-state index contributed by atoms with van der Waals surface area (Å²) >= 11 is 0. The van der Waals surface area contributed by atoms with Crippen LogP contribution in [0.25, 0.3) is 0 Å². The first-order valence-corrected chi connectivity index (χ1v) is 4.38. The SMILES string of the molecule is CC(=O)[C@@H](N)Cc1cccc(C#N)c1. The Kier molecular flexibility index (Phi) is 3.38. The van der Waals surface area contributed by atoms with Gasteiger partial charge in [-0.05, 0) is 31.0 Å². The van der Waals surface area contributed by atoms with E-state index in [-0.39, 0.29) is 5.78 Å². The van der Waals surface area contributed by atoms with Crippen LogP contribution in [0.3, 0.4) is 0 Å². The average molecular weight is 188 g/mol. The number of nitriles is 1. The van der Waals surface area contributed by atoms with E-state index in [1.54, 1.807) is 18.2 Å². The fourth-order valence-electron chi connectivity index (χ4n) is 1.17. The molecule has 1 aromatic carbocycles. The minimum Gasteiger partial charge on any atom is -0.321 e. The van der Waals surface area contributed by atoms with Crippen molar-refractivity contribution < 1.29 is 4.79 Å². The maximum atomic E-state index is 10.9. The van der Waals surface area contributed by atoms with E-state index in [0.717, 1.165) is 5.56 Å². The van der Waals surface area contributed by atoms with Crippen LogP contribution < -0.4 is 5.73 Å². The number of benzene rings is 1. The summed E-state index contributed by atoms with van der Waals surface area (Å²) in [6.45, 7) is 1.47. The Balaban J connectivity index is 2.78. The summed E-state index contributed by atoms with van der Waals surface area (Å²) in [7, 11) is 0. The van der Waals surface area contributed by atoms with E-state index in [0.29, 0.717) is 12.0 Å². The molecule has 0 spiro atoms. The fourth-order valence-corrected chi connectivity index (χ4v) is 1.17. The van der Waals surface area contributed by atoms with Crippen molar-refractivity contribution in [3.05, 3.63) is 35.4 Å². The monoisotopic (exact) mass is 188 g/mol. The first-order chi connectivity index (χ1) is 6.63. The Morgan fingerprint density at radius 2 is 2.36 bits per heavy atom. The number of carbonyl (C=O) groups excluding carboxylic acids is 1. The van der Waals surface area contributed by atoms with E-state index in [1.165, 1.54) is 6.92 Å². The molecule has 0 bridgehead atoms. The number of ketones is 1. The van der Waals surface area contributed by atoms with E-state index in [2.05, 4.69) is 0 Å². The van der Waals surface area contributed by atoms with Crippen LogP contribution in [-0.2, 0) is 11.2 Å². The zero-order valence-electron chi connectivity index (χ0n) is 8.03. The predicted molar refractivity (Wildman–Crippen MR) is 53.5 cm³/mol. The van der Waals surface area contributed by atoms with Gasteiger partial charge in [0.1, 0.15) is 5.78 Å². The molecule has 0 aliphatic carbocycles. The number of nitrogens with two attached hydrogens (primary N) is 1. The van der Waals surface area contributed by atoms with Gasteiger partial charge < -0.3 is 5.73 Å². The highest BCUT2D eigenvalue weighted by atomic mass is 16.1. The molecule has 0 saturated carbocycles. The molecule has 72 valence electrons. The normalized spacial score (nSPS) is 11.8. The third kappa shape index (κ3) is 2.68. The van der Waals surface area contributed by atoms with Gasteiger partial charge in [-0.1, -0.05) is 12.1 Å². The number of rotatable bonds is 3. The molecule has 0 saturated heterocycles. The lowest BCUT2D eigenvalue weighted by molar-refractivity contribution is -0.118. The van der Waals surface area contributed by atoms with E-state index >= 15 is 0 Å². The molecule has 1 aromatic rings. The highest BCUT2D eigenvalue weighted by Gasteiger charge is 2.08. The third-order valence-corrected chi connectivity index (χ3v) is 2.03. The molecular weight excluding hydrogens is 176 g/mol. The summed E-state index contributed by atoms with van der Waals surface area (Å²) in [4.78, 5) is 10.9. The van der Waals surface area contributed by atoms with Gasteiger partial charge in [0.2, 0.25) is 0 Å². The van der Waals surface area contributed by atoms with Gasteiger partial charge in [-0.15, -0.1) is 0 Å². The third-order valence-electron chi connectivity index (χ3n) is 2.03. The van der Waals surface area contributed by atoms with E-state index in [1.807, 2.05) is 12.1 Å². The molecule has 0 amide bonds. The topological polar surface area (TPSA) is 66.9 Å². The maximum absolute atomic E-state index is 10.9. The highest BCUT2D eigenvalue weighted by Crippen LogP contribution is 2.06. The Morgan fingerprint density at radius 1 is 1.64 bits per heavy atom. The van der Waals surface area contributed by atoms with E-state index in [4.69, 9.17) is 11.0 Å². The maximum Gasteiger partial charge on any atom is 0.146 e. The smallest absolute Gasteiger partial charge is 0.146 e. The molecule has 0 aliphatic heterocycles. The molecule has 0 fully saturated rings. The summed E-state index contributed by atoms with van der Waals surface area (Å²) in [5.41, 5.74) is 7.13. The number of hydrogen-bond donors (Lipinski definition) is 1. The number of nitrogens with zero attached hydrogens (tertiary/aromatic N) is 1. The van der Waals surface area contributed by atoms with Crippen LogP contribution in [0.4, 0.5) is 0 Å². The van der Waals surface area contributed by atoms with Crippen LogP contribution in [0.5, 0.6) is 0 Å². The van der Waals surface area contributed by atoms with Gasteiger partial charge >= 0.3 is 0 Å². The second-order valence-electron chi connectivity index (χ2n) is 3.23. The van der Waals surface area contributed by atoms with Crippen molar-refractivity contribution in [1.82, 2.24) is 0 Å². The molecule has 0 aromatic heterocycles. The van der Waals surface area contributed by atoms with Crippen LogP contribution in [0.15, 0.2) is 24.3 Å². The van der Waals surface area contributed by atoms with Crippen molar-refractivity contribution in [1.29, 1.82) is 5.26 Å². The molecule has 3 heteroatoms. The Hall–Kier alpha value is -1.66. The minimum absolute atomic E-state index is 0.0349. The van der Waals surface area contributed by atoms with Gasteiger partial charge in [-0.3, -0.25) is 4.79 Å². The number of hydrogen-bond acceptors (Lipinski definition) is 3. The quantitative estimate of drug-likeness (QED) is 0.770. The summed E-state index contributed by atoms with van der Waals surface area (Å²) in [5.74, 6) is -0.0349. The summed E-state index contributed by atoms with van der Waals surface area (Å²) in [5, 5.41) is 8.66. The molecule has 0 heterocycles. The van der Waals surface area contributed by atoms with Crippen molar-refractivity contribution in [2.24, 2.45) is 5.73 Å². The van der Waals surface area contributed by atoms with Gasteiger partial charge in [0.15, 0.2) is 0 Å². The molecular formula is C11H12N2O. The molecule has 2 N–H and O–H groups in total. The van der Waals surface area contributed by atoms with Crippen LogP contribution in [-0.4, -0.2) is 11.8 Å². The lowest BCUT2D eigenvalue weighted by Crippen LogP contribution is -2.30. The molecule has 1 atom stereocenters. The standard InChI is InChI=1S/C11H12N2O/c1-8(14)11(13)6-9-3-2-4-10(5-9)7-12/h2-5,11H,6,13H2,1H3/t11-/m0/s1. The lowest BCUT2D eigenvalue weighted by Gasteiger charge is -2.07. The number of carbonyl (C=O) groups is 1.